The van der Waals surface area contributed by atoms with Gasteiger partial charge in [-0.25, -0.2) is 18.4 Å². The molecule has 0 aliphatic carbocycles. The molecule has 3 aromatic rings. The van der Waals surface area contributed by atoms with E-state index in [1.54, 1.807) is 11.9 Å². The van der Waals surface area contributed by atoms with Gasteiger partial charge in [0.15, 0.2) is 11.6 Å². The number of aryl methyl sites for hydroxylation is 2. The van der Waals surface area contributed by atoms with E-state index in [9.17, 15) is 57.0 Å². The number of nitrogens with one attached hydrogen (secondary N) is 3. The van der Waals surface area contributed by atoms with Crippen molar-refractivity contribution in [3.63, 3.8) is 0 Å². The number of primary amides is 1. The van der Waals surface area contributed by atoms with E-state index >= 15 is 0 Å². The molecule has 3 unspecified atom stereocenters. The summed E-state index contributed by atoms with van der Waals surface area (Å²) in [6.07, 6.45) is 2.80. The van der Waals surface area contributed by atoms with Crippen molar-refractivity contribution in [2.75, 3.05) is 26.2 Å². The lowest BCUT2D eigenvalue weighted by Crippen LogP contribution is -2.61. The standard InChI is InChI=1S/C46H58F2N10O10/c1-54-37-23-26(6-10-34(37)58(45(54)66)36-12-14-39(60)53-42(36)63)4-2-3-25-15-18-55(19-16-25)44(65)33(22-27-5-8-29(47)30(48)21-27)52-40(61)32(9-13-38(50)59)51-41(62)35-11-7-28-17-20-56(46(67)68)24-31(49)43(64)57(28)35/h5-6,8,10,21,23,25,28,31-33,35-36H,2-4,7,9,11-20,22,24,49H2,1H3,(H2,50,59)(H,51,62)(H,52,61)(H,67,68)(H,53,60,63)/t28-,31+,32?,33?,35+,36?/m1/s1. The molecule has 68 heavy (non-hydrogen) atoms. The zero-order valence-corrected chi connectivity index (χ0v) is 37.8. The monoisotopic (exact) mass is 948 g/mol. The van der Waals surface area contributed by atoms with Crippen LogP contribution >= 0.6 is 0 Å². The molecule has 0 bridgehead atoms. The third-order valence-corrected chi connectivity index (χ3v) is 13.8. The highest BCUT2D eigenvalue weighted by Crippen LogP contribution is 2.30. The Labute approximate surface area is 389 Å². The van der Waals surface area contributed by atoms with Crippen molar-refractivity contribution < 1.29 is 52.2 Å². The van der Waals surface area contributed by atoms with E-state index in [1.807, 2.05) is 18.2 Å². The number of likely N-dealkylation sites (tertiary alicyclic amines) is 1. The molecule has 7 rings (SSSR count). The number of carbonyl (C=O) groups is 8. The maximum absolute atomic E-state index is 14.4. The Morgan fingerprint density at radius 1 is 0.853 bits per heavy atom. The Morgan fingerprint density at radius 2 is 1.57 bits per heavy atom. The quantitative estimate of drug-likeness (QED) is 0.115. The number of benzene rings is 2. The van der Waals surface area contributed by atoms with E-state index in [-0.39, 0.29) is 81.1 Å². The van der Waals surface area contributed by atoms with E-state index in [4.69, 9.17) is 11.5 Å². The van der Waals surface area contributed by atoms with Gasteiger partial charge in [-0.2, -0.15) is 0 Å². The van der Waals surface area contributed by atoms with E-state index in [2.05, 4.69) is 16.0 Å². The third kappa shape index (κ3) is 11.0. The number of halogens is 2. The van der Waals surface area contributed by atoms with Crippen LogP contribution in [0.2, 0.25) is 0 Å². The van der Waals surface area contributed by atoms with Gasteiger partial charge in [0.2, 0.25) is 41.4 Å². The fourth-order valence-corrected chi connectivity index (χ4v) is 10.1. The fraction of sp³-hybridized carbons (Fsp3) is 0.543. The van der Waals surface area contributed by atoms with Crippen molar-refractivity contribution in [2.24, 2.45) is 24.4 Å². The molecule has 8 N–H and O–H groups in total. The van der Waals surface area contributed by atoms with Gasteiger partial charge in [0.1, 0.15) is 30.2 Å². The minimum atomic E-state index is -1.41. The van der Waals surface area contributed by atoms with Crippen LogP contribution in [0.5, 0.6) is 0 Å². The number of hydrogen-bond acceptors (Lipinski definition) is 10. The number of fused-ring (bicyclic) bond motifs is 2. The van der Waals surface area contributed by atoms with Crippen molar-refractivity contribution in [3.8, 4) is 0 Å². The lowest BCUT2D eigenvalue weighted by molar-refractivity contribution is -0.143. The Kier molecular flexibility index (Phi) is 15.2. The van der Waals surface area contributed by atoms with Gasteiger partial charge in [-0.15, -0.1) is 0 Å². The van der Waals surface area contributed by atoms with Gasteiger partial charge in [0.25, 0.3) is 0 Å². The van der Waals surface area contributed by atoms with Gasteiger partial charge in [-0.1, -0.05) is 12.1 Å². The number of carboxylic acid groups (broad SMARTS) is 1. The summed E-state index contributed by atoms with van der Waals surface area (Å²) in [4.78, 5) is 121. The maximum Gasteiger partial charge on any atom is 0.407 e. The van der Waals surface area contributed by atoms with E-state index in [0.717, 1.165) is 35.4 Å². The molecule has 0 radical (unpaired) electrons. The van der Waals surface area contributed by atoms with Gasteiger partial charge < -0.3 is 41.9 Å². The number of nitrogens with zero attached hydrogens (tertiary/aromatic N) is 5. The van der Waals surface area contributed by atoms with Crippen LogP contribution in [0, 0.1) is 17.6 Å². The molecule has 5 heterocycles. The molecule has 2 aromatic carbocycles. The van der Waals surface area contributed by atoms with E-state index in [0.29, 0.717) is 49.8 Å². The van der Waals surface area contributed by atoms with Crippen molar-refractivity contribution in [1.29, 1.82) is 0 Å². The van der Waals surface area contributed by atoms with Crippen LogP contribution in [0.25, 0.3) is 11.0 Å². The Balaban J connectivity index is 0.988. The van der Waals surface area contributed by atoms with Gasteiger partial charge in [0, 0.05) is 58.5 Å². The number of amides is 8. The Hall–Kier alpha value is -6.71. The van der Waals surface area contributed by atoms with Crippen molar-refractivity contribution in [2.45, 2.75) is 120 Å². The van der Waals surface area contributed by atoms with Crippen LogP contribution in [0.4, 0.5) is 13.6 Å². The third-order valence-electron chi connectivity index (χ3n) is 13.8. The van der Waals surface area contributed by atoms with Crippen molar-refractivity contribution in [1.82, 2.24) is 39.8 Å². The number of piperidine rings is 2. The van der Waals surface area contributed by atoms with Crippen LogP contribution < -0.4 is 33.1 Å². The number of carbonyl (C=O) groups excluding carboxylic acids is 7. The second kappa shape index (κ2) is 21.1. The molecule has 1 aromatic heterocycles. The number of imidazole rings is 1. The minimum Gasteiger partial charge on any atom is -0.465 e. The van der Waals surface area contributed by atoms with E-state index in [1.165, 1.54) is 20.1 Å². The summed E-state index contributed by atoms with van der Waals surface area (Å²) in [5, 5.41) is 17.2. The SMILES string of the molecule is Cn1c(=O)n(C2CCC(=O)NC2=O)c2ccc(CCCC3CCN(C(=O)C(Cc4ccc(F)c(F)c4)NC(=O)C(CCC(N)=O)NC(=O)[C@@H]4CC[C@@H]5CCN(C(=O)O)C[C@H](N)C(=O)N54)CC3)cc21. The largest absolute Gasteiger partial charge is 0.465 e. The second-order valence-electron chi connectivity index (χ2n) is 18.4. The average Bonchev–Trinajstić information content (AvgIpc) is 3.83. The summed E-state index contributed by atoms with van der Waals surface area (Å²) >= 11 is 0. The fourth-order valence-electron chi connectivity index (χ4n) is 10.1. The second-order valence-corrected chi connectivity index (χ2v) is 18.4. The zero-order chi connectivity index (χ0) is 49.0. The van der Waals surface area contributed by atoms with Crippen molar-refractivity contribution >= 4 is 58.5 Å². The number of imide groups is 1. The summed E-state index contributed by atoms with van der Waals surface area (Å²) < 4.78 is 31.3. The molecular weight excluding hydrogens is 891 g/mol. The maximum atomic E-state index is 14.4. The number of rotatable bonds is 15. The first-order chi connectivity index (χ1) is 32.4. The Morgan fingerprint density at radius 3 is 2.26 bits per heavy atom. The molecule has 366 valence electrons. The molecule has 4 saturated heterocycles. The summed E-state index contributed by atoms with van der Waals surface area (Å²) in [6, 6.07) is 2.55. The molecule has 6 atom stereocenters. The predicted molar refractivity (Wildman–Crippen MR) is 239 cm³/mol. The van der Waals surface area contributed by atoms with Gasteiger partial charge in [-0.05, 0) is 106 Å². The summed E-state index contributed by atoms with van der Waals surface area (Å²) in [5.74, 6) is -6.29. The first-order valence-electron chi connectivity index (χ1n) is 23.1. The molecule has 4 aliphatic rings. The van der Waals surface area contributed by atoms with Gasteiger partial charge in [0.05, 0.1) is 11.0 Å². The Bertz CT molecular complexity index is 2540. The average molecular weight is 949 g/mol. The van der Waals surface area contributed by atoms with Crippen LogP contribution in [-0.4, -0.2) is 133 Å². The predicted octanol–water partition coefficient (Wildman–Crippen LogP) is 0.706. The van der Waals surface area contributed by atoms with E-state index < -0.39 is 89.4 Å². The zero-order valence-electron chi connectivity index (χ0n) is 37.8. The normalized spacial score (nSPS) is 22.2. The number of aromatic nitrogens is 2. The smallest absolute Gasteiger partial charge is 0.407 e. The van der Waals surface area contributed by atoms with Crippen LogP contribution in [0.1, 0.15) is 87.8 Å². The molecular formula is C46H58F2N10O10. The first kappa shape index (κ1) is 49.2. The molecule has 22 heteroatoms. The molecule has 4 aliphatic heterocycles. The lowest BCUT2D eigenvalue weighted by atomic mass is 9.90. The lowest BCUT2D eigenvalue weighted by Gasteiger charge is -2.37. The molecule has 20 nitrogen and oxygen atoms in total. The summed E-state index contributed by atoms with van der Waals surface area (Å²) in [7, 11) is 1.64. The summed E-state index contributed by atoms with van der Waals surface area (Å²) in [6.45, 7) is 0.514. The molecule has 8 amide bonds. The number of nitrogens with two attached hydrogens (primary N) is 2. The molecule has 4 fully saturated rings. The topological polar surface area (TPSA) is 282 Å². The van der Waals surface area contributed by atoms with Crippen molar-refractivity contribution in [3.05, 3.63) is 69.6 Å². The summed E-state index contributed by atoms with van der Waals surface area (Å²) in [5.41, 5.74) is 13.7. The highest BCUT2D eigenvalue weighted by molar-refractivity contribution is 6.00. The van der Waals surface area contributed by atoms with Gasteiger partial charge >= 0.3 is 11.8 Å². The molecule has 0 saturated carbocycles. The first-order valence-corrected chi connectivity index (χ1v) is 23.1. The number of hydrogen-bond donors (Lipinski definition) is 6. The molecule has 0 spiro atoms. The highest BCUT2D eigenvalue weighted by Gasteiger charge is 2.45. The van der Waals surface area contributed by atoms with Crippen LogP contribution in [0.3, 0.4) is 0 Å². The van der Waals surface area contributed by atoms with Crippen LogP contribution in [0.15, 0.2) is 41.2 Å². The van der Waals surface area contributed by atoms with Gasteiger partial charge in [-0.3, -0.25) is 48.0 Å². The van der Waals surface area contributed by atoms with Crippen LogP contribution in [-0.2, 0) is 53.5 Å². The minimum absolute atomic E-state index is 0.0937. The highest BCUT2D eigenvalue weighted by atomic mass is 19.2.